The number of anilines is 1. The van der Waals surface area contributed by atoms with E-state index >= 15 is 0 Å². The van der Waals surface area contributed by atoms with Crippen LogP contribution in [0.2, 0.25) is 0 Å². The largest absolute Gasteiger partial charge is 0.353 e. The van der Waals surface area contributed by atoms with Gasteiger partial charge in [0, 0.05) is 49.1 Å². The lowest BCUT2D eigenvalue weighted by molar-refractivity contribution is 0.0745. The maximum atomic E-state index is 13.1. The third kappa shape index (κ3) is 4.30. The number of piperazine rings is 1. The number of rotatable bonds is 2. The van der Waals surface area contributed by atoms with Crippen molar-refractivity contribution in [2.75, 3.05) is 31.1 Å². The Labute approximate surface area is 171 Å². The second-order valence-electron chi connectivity index (χ2n) is 7.06. The van der Waals surface area contributed by atoms with Crippen molar-refractivity contribution in [3.8, 4) is 11.8 Å². The van der Waals surface area contributed by atoms with E-state index in [9.17, 15) is 4.79 Å². The van der Waals surface area contributed by atoms with E-state index in [4.69, 9.17) is 0 Å². The zero-order valence-corrected chi connectivity index (χ0v) is 16.5. The van der Waals surface area contributed by atoms with E-state index in [2.05, 4.69) is 21.7 Å². The molecular weight excluding hydrogens is 358 g/mol. The topological polar surface area (TPSA) is 36.4 Å². The number of amides is 1. The first-order valence-electron chi connectivity index (χ1n) is 9.84. The smallest absolute Gasteiger partial charge is 0.254 e. The van der Waals surface area contributed by atoms with Gasteiger partial charge in [-0.05, 0) is 48.9 Å². The number of hydrogen-bond donors (Lipinski definition) is 0. The summed E-state index contributed by atoms with van der Waals surface area (Å²) in [4.78, 5) is 21.7. The monoisotopic (exact) mass is 381 g/mol. The summed E-state index contributed by atoms with van der Waals surface area (Å²) in [6, 6.07) is 21.6. The molecule has 0 N–H and O–H groups in total. The molecule has 1 aliphatic rings. The fourth-order valence-electron chi connectivity index (χ4n) is 3.51. The zero-order valence-electron chi connectivity index (χ0n) is 16.5. The van der Waals surface area contributed by atoms with Gasteiger partial charge >= 0.3 is 0 Å². The van der Waals surface area contributed by atoms with E-state index in [1.54, 1.807) is 6.20 Å². The normalized spacial score (nSPS) is 13.6. The van der Waals surface area contributed by atoms with Crippen molar-refractivity contribution in [2.45, 2.75) is 6.92 Å². The van der Waals surface area contributed by atoms with Crippen molar-refractivity contribution in [1.82, 2.24) is 9.88 Å². The molecule has 0 bridgehead atoms. The van der Waals surface area contributed by atoms with Gasteiger partial charge in [0.05, 0.1) is 0 Å². The molecular formula is C25H23N3O. The number of benzene rings is 2. The van der Waals surface area contributed by atoms with Gasteiger partial charge < -0.3 is 9.80 Å². The van der Waals surface area contributed by atoms with Gasteiger partial charge in [-0.25, -0.2) is 4.98 Å². The second kappa shape index (κ2) is 8.62. The highest BCUT2D eigenvalue weighted by molar-refractivity contribution is 5.96. The van der Waals surface area contributed by atoms with Crippen molar-refractivity contribution in [3.63, 3.8) is 0 Å². The summed E-state index contributed by atoms with van der Waals surface area (Å²) in [6.07, 6.45) is 1.80. The van der Waals surface area contributed by atoms with Gasteiger partial charge in [0.25, 0.3) is 5.91 Å². The highest BCUT2D eigenvalue weighted by Gasteiger charge is 2.24. The molecule has 2 aromatic carbocycles. The van der Waals surface area contributed by atoms with Crippen molar-refractivity contribution >= 4 is 11.7 Å². The Balaban J connectivity index is 1.48. The number of pyridine rings is 1. The van der Waals surface area contributed by atoms with Crippen molar-refractivity contribution in [3.05, 3.63) is 95.2 Å². The van der Waals surface area contributed by atoms with E-state index in [-0.39, 0.29) is 5.91 Å². The van der Waals surface area contributed by atoms with E-state index in [1.165, 1.54) is 0 Å². The Bertz CT molecular complexity index is 1040. The third-order valence-corrected chi connectivity index (χ3v) is 5.22. The minimum atomic E-state index is 0.0755. The molecule has 29 heavy (non-hydrogen) atoms. The van der Waals surface area contributed by atoms with Gasteiger partial charge in [0.2, 0.25) is 0 Å². The van der Waals surface area contributed by atoms with Crippen LogP contribution in [0.5, 0.6) is 0 Å². The molecule has 0 radical (unpaired) electrons. The summed E-state index contributed by atoms with van der Waals surface area (Å²) in [5.74, 6) is 7.44. The summed E-state index contributed by atoms with van der Waals surface area (Å²) in [5, 5.41) is 0. The number of hydrogen-bond acceptors (Lipinski definition) is 3. The Morgan fingerprint density at radius 1 is 0.862 bits per heavy atom. The molecule has 4 nitrogen and oxygen atoms in total. The maximum Gasteiger partial charge on any atom is 0.254 e. The number of carbonyl (C=O) groups is 1. The summed E-state index contributed by atoms with van der Waals surface area (Å²) < 4.78 is 0. The third-order valence-electron chi connectivity index (χ3n) is 5.22. The van der Waals surface area contributed by atoms with Gasteiger partial charge in [-0.2, -0.15) is 0 Å². The van der Waals surface area contributed by atoms with Crippen LogP contribution >= 0.6 is 0 Å². The maximum absolute atomic E-state index is 13.1. The first kappa shape index (κ1) is 18.8. The lowest BCUT2D eigenvalue weighted by Gasteiger charge is -2.35. The molecule has 0 atom stereocenters. The Hall–Kier alpha value is -3.58. The first-order valence-corrected chi connectivity index (χ1v) is 9.84. The van der Waals surface area contributed by atoms with Crippen LogP contribution in [0.25, 0.3) is 0 Å². The van der Waals surface area contributed by atoms with Crippen LogP contribution < -0.4 is 4.90 Å². The lowest BCUT2D eigenvalue weighted by atomic mass is 10.0. The first-order chi connectivity index (χ1) is 14.2. The highest BCUT2D eigenvalue weighted by atomic mass is 16.2. The molecule has 1 amide bonds. The molecule has 1 fully saturated rings. The van der Waals surface area contributed by atoms with Crippen LogP contribution in [-0.4, -0.2) is 42.0 Å². The van der Waals surface area contributed by atoms with Crippen LogP contribution in [0.1, 0.15) is 27.0 Å². The number of aromatic nitrogens is 1. The average Bonchev–Trinajstić information content (AvgIpc) is 2.79. The molecule has 0 saturated carbocycles. The summed E-state index contributed by atoms with van der Waals surface area (Å²) in [5.41, 5.74) is 3.53. The Morgan fingerprint density at radius 3 is 2.34 bits per heavy atom. The van der Waals surface area contributed by atoms with Crippen molar-refractivity contribution in [1.29, 1.82) is 0 Å². The molecule has 1 aliphatic heterocycles. The number of carbonyl (C=O) groups excluding carboxylic acids is 1. The van der Waals surface area contributed by atoms with Gasteiger partial charge in [0.1, 0.15) is 5.82 Å². The van der Waals surface area contributed by atoms with Gasteiger partial charge in [-0.1, -0.05) is 42.2 Å². The quantitative estimate of drug-likeness (QED) is 0.635. The minimum absolute atomic E-state index is 0.0755. The van der Waals surface area contributed by atoms with E-state index in [1.807, 2.05) is 78.6 Å². The molecule has 2 heterocycles. The molecule has 4 rings (SSSR count). The van der Waals surface area contributed by atoms with Gasteiger partial charge in [0.15, 0.2) is 0 Å². The van der Waals surface area contributed by atoms with E-state index in [0.29, 0.717) is 13.1 Å². The molecule has 0 unspecified atom stereocenters. The Kier molecular flexibility index (Phi) is 5.58. The minimum Gasteiger partial charge on any atom is -0.353 e. The molecule has 4 heteroatoms. The SMILES string of the molecule is Cc1c(C#Cc2ccccc2)cccc1C(=O)N1CCN(c2ccccn2)CC1. The molecule has 144 valence electrons. The molecule has 0 aliphatic carbocycles. The summed E-state index contributed by atoms with van der Waals surface area (Å²) in [7, 11) is 0. The summed E-state index contributed by atoms with van der Waals surface area (Å²) >= 11 is 0. The summed E-state index contributed by atoms with van der Waals surface area (Å²) in [6.45, 7) is 4.93. The average molecular weight is 381 g/mol. The van der Waals surface area contributed by atoms with E-state index in [0.717, 1.165) is 41.2 Å². The molecule has 1 saturated heterocycles. The van der Waals surface area contributed by atoms with Crippen LogP contribution in [0.3, 0.4) is 0 Å². The predicted molar refractivity (Wildman–Crippen MR) is 116 cm³/mol. The van der Waals surface area contributed by atoms with Crippen LogP contribution in [0.15, 0.2) is 72.9 Å². The molecule has 0 spiro atoms. The predicted octanol–water partition coefficient (Wildman–Crippen LogP) is 3.75. The lowest BCUT2D eigenvalue weighted by Crippen LogP contribution is -2.49. The van der Waals surface area contributed by atoms with Crippen molar-refractivity contribution < 1.29 is 4.79 Å². The molecule has 1 aromatic heterocycles. The molecule has 3 aromatic rings. The van der Waals surface area contributed by atoms with Crippen LogP contribution in [0, 0.1) is 18.8 Å². The van der Waals surface area contributed by atoms with Crippen molar-refractivity contribution in [2.24, 2.45) is 0 Å². The number of nitrogens with zero attached hydrogens (tertiary/aromatic N) is 3. The van der Waals surface area contributed by atoms with Gasteiger partial charge in [-0.15, -0.1) is 0 Å². The fraction of sp³-hybridized carbons (Fsp3) is 0.200. The van der Waals surface area contributed by atoms with Gasteiger partial charge in [-0.3, -0.25) is 4.79 Å². The van der Waals surface area contributed by atoms with Crippen LogP contribution in [-0.2, 0) is 0 Å². The van der Waals surface area contributed by atoms with E-state index < -0.39 is 0 Å². The Morgan fingerprint density at radius 2 is 1.62 bits per heavy atom. The van der Waals surface area contributed by atoms with Crippen LogP contribution in [0.4, 0.5) is 5.82 Å². The second-order valence-corrected chi connectivity index (χ2v) is 7.06. The standard InChI is InChI=1S/C25H23N3O/c1-20-22(14-13-21-8-3-2-4-9-21)10-7-11-23(20)25(29)28-18-16-27(17-19-28)24-12-5-6-15-26-24/h2-12,15H,16-19H2,1H3. The highest BCUT2D eigenvalue weighted by Crippen LogP contribution is 2.18. The zero-order chi connectivity index (χ0) is 20.1. The fourth-order valence-corrected chi connectivity index (χ4v) is 3.51.